The maximum absolute atomic E-state index is 4.38. The van der Waals surface area contributed by atoms with E-state index in [9.17, 15) is 0 Å². The van der Waals surface area contributed by atoms with Gasteiger partial charge in [0, 0.05) is 42.3 Å². The van der Waals surface area contributed by atoms with Crippen LogP contribution in [0.5, 0.6) is 0 Å². The summed E-state index contributed by atoms with van der Waals surface area (Å²) in [4.78, 5) is 3.92. The number of thioether (sulfide) groups is 1. The van der Waals surface area contributed by atoms with Gasteiger partial charge in [0.05, 0.1) is 6.20 Å². The van der Waals surface area contributed by atoms with Gasteiger partial charge in [-0.05, 0) is 43.7 Å². The summed E-state index contributed by atoms with van der Waals surface area (Å²) >= 11 is 1.80. The van der Waals surface area contributed by atoms with Crippen molar-refractivity contribution in [3.63, 3.8) is 0 Å². The molecule has 3 rings (SSSR count). The molecule has 4 heteroatoms. The fraction of sp³-hybridized carbons (Fsp3) is 0.471. The second-order valence-electron chi connectivity index (χ2n) is 5.69. The molecule has 0 atom stereocenters. The van der Waals surface area contributed by atoms with Crippen molar-refractivity contribution < 1.29 is 0 Å². The van der Waals surface area contributed by atoms with Crippen LogP contribution in [-0.2, 0) is 19.6 Å². The highest BCUT2D eigenvalue weighted by Gasteiger charge is 2.29. The van der Waals surface area contributed by atoms with Crippen molar-refractivity contribution >= 4 is 11.8 Å². The zero-order chi connectivity index (χ0) is 14.7. The lowest BCUT2D eigenvalue weighted by Gasteiger charge is -2.21. The van der Waals surface area contributed by atoms with Crippen molar-refractivity contribution in [3.05, 3.63) is 47.8 Å². The normalized spacial score (nSPS) is 14.8. The van der Waals surface area contributed by atoms with Crippen LogP contribution in [0.3, 0.4) is 0 Å². The van der Waals surface area contributed by atoms with Crippen molar-refractivity contribution in [2.75, 3.05) is 6.26 Å². The summed E-state index contributed by atoms with van der Waals surface area (Å²) in [6, 6.07) is 9.73. The molecule has 1 aliphatic rings. The topological polar surface area (TPSA) is 21.1 Å². The van der Waals surface area contributed by atoms with Crippen molar-refractivity contribution in [1.29, 1.82) is 0 Å². The van der Waals surface area contributed by atoms with Gasteiger partial charge in [0.15, 0.2) is 0 Å². The van der Waals surface area contributed by atoms with E-state index in [0.29, 0.717) is 0 Å². The number of benzene rings is 1. The second-order valence-corrected chi connectivity index (χ2v) is 6.57. The van der Waals surface area contributed by atoms with E-state index in [-0.39, 0.29) is 0 Å². The van der Waals surface area contributed by atoms with Crippen LogP contribution in [0.25, 0.3) is 0 Å². The number of nitrogens with zero attached hydrogens (tertiary/aromatic N) is 3. The summed E-state index contributed by atoms with van der Waals surface area (Å²) in [6.07, 6.45) is 8.98. The third kappa shape index (κ3) is 3.89. The fourth-order valence-electron chi connectivity index (χ4n) is 2.61. The second kappa shape index (κ2) is 6.67. The maximum Gasteiger partial charge on any atom is 0.0534 e. The Morgan fingerprint density at radius 2 is 1.90 bits per heavy atom. The van der Waals surface area contributed by atoms with Crippen molar-refractivity contribution in [2.45, 2.75) is 50.3 Å². The minimum absolute atomic E-state index is 0.759. The number of aromatic nitrogens is 2. The van der Waals surface area contributed by atoms with Gasteiger partial charge < -0.3 is 0 Å². The molecular weight excluding hydrogens is 278 g/mol. The van der Waals surface area contributed by atoms with E-state index in [1.54, 1.807) is 11.8 Å². The number of rotatable bonds is 7. The van der Waals surface area contributed by atoms with Gasteiger partial charge in [0.2, 0.25) is 0 Å². The number of hydrogen-bond acceptors (Lipinski definition) is 3. The Balaban J connectivity index is 1.66. The Hall–Kier alpha value is -1.26. The molecule has 1 aromatic carbocycles. The molecule has 0 aliphatic heterocycles. The van der Waals surface area contributed by atoms with Crippen LogP contribution < -0.4 is 0 Å². The van der Waals surface area contributed by atoms with Crippen LogP contribution in [0, 0.1) is 0 Å². The Morgan fingerprint density at radius 1 is 1.19 bits per heavy atom. The molecule has 1 heterocycles. The predicted molar refractivity (Wildman–Crippen MR) is 88.4 cm³/mol. The molecule has 3 nitrogen and oxygen atoms in total. The van der Waals surface area contributed by atoms with E-state index in [0.717, 1.165) is 25.7 Å². The zero-order valence-electron chi connectivity index (χ0n) is 12.8. The monoisotopic (exact) mass is 301 g/mol. The summed E-state index contributed by atoms with van der Waals surface area (Å²) in [5.41, 5.74) is 2.73. The molecule has 0 spiro atoms. The average molecular weight is 301 g/mol. The van der Waals surface area contributed by atoms with Gasteiger partial charge in [0.1, 0.15) is 0 Å². The lowest BCUT2D eigenvalue weighted by Crippen LogP contribution is -2.24. The zero-order valence-corrected chi connectivity index (χ0v) is 13.6. The molecule has 1 saturated carbocycles. The van der Waals surface area contributed by atoms with E-state index in [2.05, 4.69) is 53.6 Å². The minimum Gasteiger partial charge on any atom is -0.292 e. The first kappa shape index (κ1) is 14.7. The highest BCUT2D eigenvalue weighted by Crippen LogP contribution is 2.30. The first-order valence-corrected chi connectivity index (χ1v) is 8.89. The molecular formula is C17H23N3S. The molecule has 0 amide bonds. The number of hydrogen-bond donors (Lipinski definition) is 0. The Labute approximate surface area is 131 Å². The SMILES string of the molecule is CCn1cc(CN(Cc2ccc(SC)cc2)C2CC2)cn1. The largest absolute Gasteiger partial charge is 0.292 e. The molecule has 0 saturated heterocycles. The van der Waals surface area contributed by atoms with Crippen LogP contribution in [0.15, 0.2) is 41.6 Å². The molecule has 2 aromatic rings. The summed E-state index contributed by atoms with van der Waals surface area (Å²) in [5, 5.41) is 4.38. The summed E-state index contributed by atoms with van der Waals surface area (Å²) in [7, 11) is 0. The third-order valence-electron chi connectivity index (χ3n) is 4.00. The Morgan fingerprint density at radius 3 is 2.48 bits per heavy atom. The summed E-state index contributed by atoms with van der Waals surface area (Å²) < 4.78 is 2.01. The highest BCUT2D eigenvalue weighted by molar-refractivity contribution is 7.98. The van der Waals surface area contributed by atoms with Gasteiger partial charge in [0.25, 0.3) is 0 Å². The van der Waals surface area contributed by atoms with E-state index in [1.165, 1.54) is 28.9 Å². The fourth-order valence-corrected chi connectivity index (χ4v) is 3.02. The highest BCUT2D eigenvalue weighted by atomic mass is 32.2. The van der Waals surface area contributed by atoms with Gasteiger partial charge in [-0.25, -0.2) is 0 Å². The predicted octanol–water partition coefficient (Wildman–Crippen LogP) is 3.79. The van der Waals surface area contributed by atoms with Crippen molar-refractivity contribution in [1.82, 2.24) is 14.7 Å². The van der Waals surface area contributed by atoms with E-state index >= 15 is 0 Å². The van der Waals surface area contributed by atoms with Gasteiger partial charge >= 0.3 is 0 Å². The third-order valence-corrected chi connectivity index (χ3v) is 4.75. The summed E-state index contributed by atoms with van der Waals surface area (Å²) in [5.74, 6) is 0. The molecule has 0 N–H and O–H groups in total. The van der Waals surface area contributed by atoms with Crippen molar-refractivity contribution in [3.8, 4) is 0 Å². The standard InChI is InChI=1S/C17H23N3S/c1-3-20-13-15(10-18-20)12-19(16-6-7-16)11-14-4-8-17(21-2)9-5-14/h4-5,8-10,13,16H,3,6-7,11-12H2,1-2H3. The molecule has 21 heavy (non-hydrogen) atoms. The molecule has 1 aliphatic carbocycles. The van der Waals surface area contributed by atoms with Gasteiger partial charge in [-0.15, -0.1) is 11.8 Å². The van der Waals surface area contributed by atoms with Crippen LogP contribution in [0.2, 0.25) is 0 Å². The molecule has 1 fully saturated rings. The van der Waals surface area contributed by atoms with Gasteiger partial charge in [-0.1, -0.05) is 12.1 Å². The number of aryl methyl sites for hydroxylation is 1. The van der Waals surface area contributed by atoms with Crippen LogP contribution in [-0.4, -0.2) is 27.0 Å². The quantitative estimate of drug-likeness (QED) is 0.726. The van der Waals surface area contributed by atoms with E-state index < -0.39 is 0 Å². The van der Waals surface area contributed by atoms with E-state index in [1.807, 2.05) is 10.9 Å². The van der Waals surface area contributed by atoms with Crippen LogP contribution in [0.1, 0.15) is 30.9 Å². The molecule has 0 radical (unpaired) electrons. The molecule has 0 bridgehead atoms. The Bertz CT molecular complexity index is 572. The lowest BCUT2D eigenvalue weighted by atomic mass is 10.2. The smallest absolute Gasteiger partial charge is 0.0534 e. The molecule has 1 aromatic heterocycles. The first-order chi connectivity index (χ1) is 10.3. The van der Waals surface area contributed by atoms with Crippen LogP contribution in [0.4, 0.5) is 0 Å². The van der Waals surface area contributed by atoms with Crippen molar-refractivity contribution in [2.24, 2.45) is 0 Å². The van der Waals surface area contributed by atoms with Gasteiger partial charge in [-0.3, -0.25) is 9.58 Å². The summed E-state index contributed by atoms with van der Waals surface area (Å²) in [6.45, 7) is 5.12. The van der Waals surface area contributed by atoms with Gasteiger partial charge in [-0.2, -0.15) is 5.10 Å². The van der Waals surface area contributed by atoms with Crippen LogP contribution >= 0.6 is 11.8 Å². The molecule has 0 unspecified atom stereocenters. The maximum atomic E-state index is 4.38. The first-order valence-electron chi connectivity index (χ1n) is 7.67. The Kier molecular flexibility index (Phi) is 4.66. The minimum atomic E-state index is 0.759. The lowest BCUT2D eigenvalue weighted by molar-refractivity contribution is 0.245. The van der Waals surface area contributed by atoms with E-state index in [4.69, 9.17) is 0 Å². The molecule has 112 valence electrons. The average Bonchev–Trinajstić information content (AvgIpc) is 3.27.